The first-order chi connectivity index (χ1) is 11.7. The van der Waals surface area contributed by atoms with Crippen molar-refractivity contribution in [1.29, 1.82) is 0 Å². The summed E-state index contributed by atoms with van der Waals surface area (Å²) in [6, 6.07) is 9.40. The third-order valence-corrected chi connectivity index (χ3v) is 3.86. The fourth-order valence-electron chi connectivity index (χ4n) is 2.62. The van der Waals surface area contributed by atoms with Crippen LogP contribution in [0.2, 0.25) is 0 Å². The van der Waals surface area contributed by atoms with E-state index in [0.717, 1.165) is 5.56 Å². The van der Waals surface area contributed by atoms with Crippen LogP contribution >= 0.6 is 0 Å². The molecule has 0 spiro atoms. The largest absolute Gasteiger partial charge is 0.479 e. The van der Waals surface area contributed by atoms with Gasteiger partial charge in [-0.2, -0.15) is 0 Å². The minimum atomic E-state index is -1.59. The van der Waals surface area contributed by atoms with E-state index in [9.17, 15) is 14.7 Å². The summed E-state index contributed by atoms with van der Waals surface area (Å²) in [7, 11) is 0. The predicted octanol–water partition coefficient (Wildman–Crippen LogP) is 2.34. The Morgan fingerprint density at radius 2 is 2.00 bits per heavy atom. The van der Waals surface area contributed by atoms with Gasteiger partial charge in [0.1, 0.15) is 11.7 Å². The van der Waals surface area contributed by atoms with Gasteiger partial charge in [-0.05, 0) is 26.3 Å². The van der Waals surface area contributed by atoms with Gasteiger partial charge in [0.2, 0.25) is 0 Å². The molecule has 2 atom stereocenters. The lowest BCUT2D eigenvalue weighted by Gasteiger charge is -2.40. The first kappa shape index (κ1) is 19.2. The van der Waals surface area contributed by atoms with Crippen molar-refractivity contribution in [2.24, 2.45) is 0 Å². The number of hydrogen-bond donors (Lipinski definition) is 2. The van der Waals surface area contributed by atoms with Gasteiger partial charge in [-0.1, -0.05) is 30.3 Å². The Kier molecular flexibility index (Phi) is 6.02. The van der Waals surface area contributed by atoms with Crippen molar-refractivity contribution in [2.45, 2.75) is 51.0 Å². The second kappa shape index (κ2) is 7.84. The number of alkyl carbamates (subject to hydrolysis) is 1. The van der Waals surface area contributed by atoms with Gasteiger partial charge < -0.3 is 24.6 Å². The molecule has 1 aliphatic heterocycles. The van der Waals surface area contributed by atoms with E-state index in [0.29, 0.717) is 0 Å². The van der Waals surface area contributed by atoms with Crippen molar-refractivity contribution >= 4 is 12.1 Å². The number of benzene rings is 1. The molecule has 0 saturated carbocycles. The quantitative estimate of drug-likeness (QED) is 0.846. The van der Waals surface area contributed by atoms with Gasteiger partial charge >= 0.3 is 12.1 Å². The monoisotopic (exact) mass is 351 g/mol. The van der Waals surface area contributed by atoms with Gasteiger partial charge in [-0.15, -0.1) is 0 Å². The minimum Gasteiger partial charge on any atom is -0.479 e. The molecule has 0 bridgehead atoms. The summed E-state index contributed by atoms with van der Waals surface area (Å²) in [4.78, 5) is 24.2. The molecule has 1 fully saturated rings. The van der Waals surface area contributed by atoms with E-state index in [1.165, 1.54) is 0 Å². The zero-order valence-electron chi connectivity index (χ0n) is 14.8. The SMILES string of the molecule is CC(C)(C)OC(=O)N[C@@]1(C(=O)O)CCOC[C@H]1OCc1ccccc1. The van der Waals surface area contributed by atoms with Gasteiger partial charge in [0.15, 0.2) is 5.54 Å². The number of amides is 1. The molecule has 1 aromatic carbocycles. The summed E-state index contributed by atoms with van der Waals surface area (Å²) in [6.45, 7) is 5.66. The predicted molar refractivity (Wildman–Crippen MR) is 90.2 cm³/mol. The van der Waals surface area contributed by atoms with E-state index in [-0.39, 0.29) is 26.2 Å². The number of carbonyl (C=O) groups excluding carboxylic acids is 1. The summed E-state index contributed by atoms with van der Waals surface area (Å²) in [5.41, 5.74) is -1.41. The van der Waals surface area contributed by atoms with Crippen LogP contribution in [0.25, 0.3) is 0 Å². The molecule has 7 nitrogen and oxygen atoms in total. The number of aliphatic carboxylic acids is 1. The summed E-state index contributed by atoms with van der Waals surface area (Å²) in [5, 5.41) is 12.3. The minimum absolute atomic E-state index is 0.0783. The lowest BCUT2D eigenvalue weighted by atomic mass is 9.87. The molecular formula is C18H25NO6. The Hall–Kier alpha value is -2.12. The second-order valence-corrected chi connectivity index (χ2v) is 7.01. The molecule has 138 valence electrons. The van der Waals surface area contributed by atoms with Crippen LogP contribution in [0.1, 0.15) is 32.8 Å². The Morgan fingerprint density at radius 1 is 1.32 bits per heavy atom. The van der Waals surface area contributed by atoms with Crippen molar-refractivity contribution in [2.75, 3.05) is 13.2 Å². The summed E-state index contributed by atoms with van der Waals surface area (Å²) < 4.78 is 16.4. The second-order valence-electron chi connectivity index (χ2n) is 7.01. The van der Waals surface area contributed by atoms with E-state index >= 15 is 0 Å². The molecule has 25 heavy (non-hydrogen) atoms. The summed E-state index contributed by atoms with van der Waals surface area (Å²) >= 11 is 0. The van der Waals surface area contributed by atoms with E-state index < -0.39 is 29.3 Å². The van der Waals surface area contributed by atoms with Crippen LogP contribution in [0, 0.1) is 0 Å². The zero-order valence-corrected chi connectivity index (χ0v) is 14.8. The maximum atomic E-state index is 12.2. The molecular weight excluding hydrogens is 326 g/mol. The van der Waals surface area contributed by atoms with Crippen molar-refractivity contribution in [1.82, 2.24) is 5.32 Å². The number of nitrogens with one attached hydrogen (secondary N) is 1. The van der Waals surface area contributed by atoms with Crippen LogP contribution in [0.3, 0.4) is 0 Å². The fraction of sp³-hybridized carbons (Fsp3) is 0.556. The average Bonchev–Trinajstić information content (AvgIpc) is 2.53. The van der Waals surface area contributed by atoms with Crippen molar-refractivity contribution in [3.8, 4) is 0 Å². The fourth-order valence-corrected chi connectivity index (χ4v) is 2.62. The van der Waals surface area contributed by atoms with E-state index in [1.807, 2.05) is 30.3 Å². The van der Waals surface area contributed by atoms with Gasteiger partial charge in [0, 0.05) is 13.0 Å². The van der Waals surface area contributed by atoms with Gasteiger partial charge in [-0.25, -0.2) is 9.59 Å². The van der Waals surface area contributed by atoms with Crippen molar-refractivity contribution in [3.05, 3.63) is 35.9 Å². The summed E-state index contributed by atoms with van der Waals surface area (Å²) in [5.74, 6) is -1.17. The third kappa shape index (κ3) is 5.17. The highest BCUT2D eigenvalue weighted by molar-refractivity contribution is 5.85. The van der Waals surface area contributed by atoms with Crippen LogP contribution in [0.4, 0.5) is 4.79 Å². The molecule has 1 amide bonds. The number of ether oxygens (including phenoxy) is 3. The first-order valence-corrected chi connectivity index (χ1v) is 8.21. The Bertz CT molecular complexity index is 597. The zero-order chi connectivity index (χ0) is 18.5. The topological polar surface area (TPSA) is 94.1 Å². The first-order valence-electron chi connectivity index (χ1n) is 8.21. The highest BCUT2D eigenvalue weighted by atomic mass is 16.6. The molecule has 2 rings (SSSR count). The molecule has 2 N–H and O–H groups in total. The number of carboxylic acid groups (broad SMARTS) is 1. The van der Waals surface area contributed by atoms with Crippen LogP contribution in [-0.2, 0) is 25.6 Å². The molecule has 7 heteroatoms. The van der Waals surface area contributed by atoms with Crippen LogP contribution < -0.4 is 5.32 Å². The van der Waals surface area contributed by atoms with E-state index in [1.54, 1.807) is 20.8 Å². The van der Waals surface area contributed by atoms with E-state index in [4.69, 9.17) is 14.2 Å². The molecule has 0 aromatic heterocycles. The molecule has 0 unspecified atom stereocenters. The molecule has 1 aromatic rings. The maximum absolute atomic E-state index is 12.2. The normalized spacial score (nSPS) is 23.7. The maximum Gasteiger partial charge on any atom is 0.408 e. The van der Waals surface area contributed by atoms with Gasteiger partial charge in [0.25, 0.3) is 0 Å². The lowest BCUT2D eigenvalue weighted by Crippen LogP contribution is -2.66. The standard InChI is InChI=1S/C18H25NO6/c1-17(2,3)25-16(22)19-18(15(20)21)9-10-23-12-14(18)24-11-13-7-5-4-6-8-13/h4-8,14H,9-12H2,1-3H3,(H,19,22)(H,20,21)/t14-,18+/m1/s1. The number of carboxylic acids is 1. The number of carbonyl (C=O) groups is 2. The van der Waals surface area contributed by atoms with E-state index in [2.05, 4.69) is 5.32 Å². The van der Waals surface area contributed by atoms with Gasteiger partial charge in [0.05, 0.1) is 13.2 Å². The van der Waals surface area contributed by atoms with Crippen LogP contribution in [-0.4, -0.2) is 47.6 Å². The highest BCUT2D eigenvalue weighted by Crippen LogP contribution is 2.26. The summed E-state index contributed by atoms with van der Waals surface area (Å²) in [6.07, 6.45) is -1.52. The molecule has 1 saturated heterocycles. The molecule has 1 aliphatic rings. The average molecular weight is 351 g/mol. The van der Waals surface area contributed by atoms with Crippen LogP contribution in [0.5, 0.6) is 0 Å². The Morgan fingerprint density at radius 3 is 2.60 bits per heavy atom. The Balaban J connectivity index is 2.13. The number of hydrogen-bond acceptors (Lipinski definition) is 5. The lowest BCUT2D eigenvalue weighted by molar-refractivity contribution is -0.167. The third-order valence-electron chi connectivity index (χ3n) is 3.86. The van der Waals surface area contributed by atoms with Crippen molar-refractivity contribution < 1.29 is 28.9 Å². The smallest absolute Gasteiger partial charge is 0.408 e. The number of rotatable bonds is 5. The Labute approximate surface area is 147 Å². The van der Waals surface area contributed by atoms with Gasteiger partial charge in [-0.3, -0.25) is 0 Å². The highest BCUT2D eigenvalue weighted by Gasteiger charge is 2.51. The van der Waals surface area contributed by atoms with Crippen LogP contribution in [0.15, 0.2) is 30.3 Å². The van der Waals surface area contributed by atoms with Crippen molar-refractivity contribution in [3.63, 3.8) is 0 Å². The molecule has 1 heterocycles. The molecule has 0 radical (unpaired) electrons. The molecule has 0 aliphatic carbocycles.